The first-order chi connectivity index (χ1) is 7.24. The molecule has 84 valence electrons. The highest BCUT2D eigenvalue weighted by atomic mass is 79.9. The third kappa shape index (κ3) is 5.07. The molecule has 0 amide bonds. The van der Waals surface area contributed by atoms with Crippen molar-refractivity contribution < 1.29 is 0 Å². The van der Waals surface area contributed by atoms with Gasteiger partial charge in [-0.05, 0) is 43.1 Å². The quantitative estimate of drug-likeness (QED) is 0.530. The Morgan fingerprint density at radius 2 is 2.00 bits per heavy atom. The number of aryl methyl sites for hydroxylation is 1. The summed E-state index contributed by atoms with van der Waals surface area (Å²) in [5.41, 5.74) is 1.40. The molecule has 1 aromatic rings. The lowest BCUT2D eigenvalue weighted by Crippen LogP contribution is -1.97. The first-order valence-electron chi connectivity index (χ1n) is 5.48. The van der Waals surface area contributed by atoms with Crippen LogP contribution in [0, 0.1) is 12.8 Å². The van der Waals surface area contributed by atoms with Crippen LogP contribution in [-0.2, 0) is 0 Å². The van der Waals surface area contributed by atoms with Crippen LogP contribution in [0.4, 0.5) is 0 Å². The van der Waals surface area contributed by atoms with Crippen LogP contribution in [0.15, 0.2) is 29.2 Å². The molecule has 0 heterocycles. The second-order valence-electron chi connectivity index (χ2n) is 3.99. The lowest BCUT2D eigenvalue weighted by molar-refractivity contribution is 0.555. The molecule has 0 saturated carbocycles. The van der Waals surface area contributed by atoms with Gasteiger partial charge in [0.15, 0.2) is 0 Å². The second-order valence-corrected chi connectivity index (χ2v) is 5.92. The van der Waals surface area contributed by atoms with Gasteiger partial charge in [-0.2, -0.15) is 0 Å². The van der Waals surface area contributed by atoms with Crippen LogP contribution in [0.2, 0.25) is 0 Å². The van der Waals surface area contributed by atoms with E-state index < -0.39 is 0 Å². The van der Waals surface area contributed by atoms with Crippen molar-refractivity contribution >= 4 is 27.7 Å². The lowest BCUT2D eigenvalue weighted by atomic mass is 10.1. The molecule has 0 nitrogen and oxygen atoms in total. The van der Waals surface area contributed by atoms with Gasteiger partial charge in [0.25, 0.3) is 0 Å². The number of halogens is 1. The molecule has 1 atom stereocenters. The third-order valence-electron chi connectivity index (χ3n) is 2.56. The summed E-state index contributed by atoms with van der Waals surface area (Å²) < 4.78 is 0. The molecular formula is C13H19BrS. The Bertz CT molecular complexity index is 286. The molecule has 0 fully saturated rings. The molecule has 15 heavy (non-hydrogen) atoms. The van der Waals surface area contributed by atoms with Crippen molar-refractivity contribution in [2.45, 2.75) is 31.6 Å². The Balaban J connectivity index is 2.29. The maximum Gasteiger partial charge on any atom is 0.0101 e. The van der Waals surface area contributed by atoms with Gasteiger partial charge in [0.1, 0.15) is 0 Å². The van der Waals surface area contributed by atoms with Crippen molar-refractivity contribution in [2.24, 2.45) is 5.92 Å². The Morgan fingerprint density at radius 1 is 1.27 bits per heavy atom. The van der Waals surface area contributed by atoms with Gasteiger partial charge >= 0.3 is 0 Å². The third-order valence-corrected chi connectivity index (χ3v) is 4.23. The first-order valence-corrected chi connectivity index (χ1v) is 7.59. The van der Waals surface area contributed by atoms with E-state index in [4.69, 9.17) is 0 Å². The van der Waals surface area contributed by atoms with E-state index >= 15 is 0 Å². The van der Waals surface area contributed by atoms with Crippen molar-refractivity contribution in [2.75, 3.05) is 11.1 Å². The average Bonchev–Trinajstić information content (AvgIpc) is 2.21. The normalized spacial score (nSPS) is 12.7. The zero-order chi connectivity index (χ0) is 11.1. The Labute approximate surface area is 106 Å². The summed E-state index contributed by atoms with van der Waals surface area (Å²) in [6.07, 6.45) is 2.60. The van der Waals surface area contributed by atoms with E-state index in [1.807, 2.05) is 11.8 Å². The molecular weight excluding hydrogens is 268 g/mol. The highest BCUT2D eigenvalue weighted by Gasteiger charge is 2.02. The SMILES string of the molecule is Cc1ccccc1SCCC(C)CCBr. The number of rotatable bonds is 6. The summed E-state index contributed by atoms with van der Waals surface area (Å²) in [5.74, 6) is 2.07. The fraction of sp³-hybridized carbons (Fsp3) is 0.538. The summed E-state index contributed by atoms with van der Waals surface area (Å²) in [7, 11) is 0. The van der Waals surface area contributed by atoms with Gasteiger partial charge in [-0.3, -0.25) is 0 Å². The minimum Gasteiger partial charge on any atom is -0.126 e. The van der Waals surface area contributed by atoms with Crippen molar-refractivity contribution in [3.63, 3.8) is 0 Å². The van der Waals surface area contributed by atoms with Crippen molar-refractivity contribution in [3.8, 4) is 0 Å². The summed E-state index contributed by atoms with van der Waals surface area (Å²) in [4.78, 5) is 1.43. The maximum absolute atomic E-state index is 3.49. The van der Waals surface area contributed by atoms with Gasteiger partial charge in [0, 0.05) is 10.2 Å². The zero-order valence-corrected chi connectivity index (χ0v) is 11.9. The van der Waals surface area contributed by atoms with Crippen LogP contribution in [0.5, 0.6) is 0 Å². The monoisotopic (exact) mass is 286 g/mol. The number of alkyl halides is 1. The number of hydrogen-bond acceptors (Lipinski definition) is 1. The van der Waals surface area contributed by atoms with Gasteiger partial charge in [-0.1, -0.05) is 41.1 Å². The number of benzene rings is 1. The molecule has 1 rings (SSSR count). The minimum atomic E-state index is 0.834. The largest absolute Gasteiger partial charge is 0.126 e. The van der Waals surface area contributed by atoms with Gasteiger partial charge in [0.2, 0.25) is 0 Å². The predicted molar refractivity (Wildman–Crippen MR) is 74.1 cm³/mol. The Kier molecular flexibility index (Phi) is 6.42. The van der Waals surface area contributed by atoms with E-state index in [1.54, 1.807) is 0 Å². The standard InChI is InChI=1S/C13H19BrS/c1-11(7-9-14)8-10-15-13-6-4-3-5-12(13)2/h3-6,11H,7-10H2,1-2H3. The van der Waals surface area contributed by atoms with Crippen LogP contribution in [0.3, 0.4) is 0 Å². The van der Waals surface area contributed by atoms with E-state index in [9.17, 15) is 0 Å². The fourth-order valence-corrected chi connectivity index (χ4v) is 3.41. The summed E-state index contributed by atoms with van der Waals surface area (Å²) in [6.45, 7) is 4.52. The number of thioether (sulfide) groups is 1. The predicted octanol–water partition coefficient (Wildman–Crippen LogP) is 4.90. The lowest BCUT2D eigenvalue weighted by Gasteiger charge is -2.09. The highest BCUT2D eigenvalue weighted by molar-refractivity contribution is 9.09. The molecule has 0 spiro atoms. The van der Waals surface area contributed by atoms with Gasteiger partial charge in [-0.25, -0.2) is 0 Å². The molecule has 1 aromatic carbocycles. The second kappa shape index (κ2) is 7.34. The molecule has 0 bridgehead atoms. The Morgan fingerprint density at radius 3 is 2.67 bits per heavy atom. The fourth-order valence-electron chi connectivity index (χ4n) is 1.42. The molecule has 0 radical (unpaired) electrons. The summed E-state index contributed by atoms with van der Waals surface area (Å²) >= 11 is 5.48. The minimum absolute atomic E-state index is 0.834. The average molecular weight is 287 g/mol. The molecule has 1 unspecified atom stereocenters. The highest BCUT2D eigenvalue weighted by Crippen LogP contribution is 2.24. The van der Waals surface area contributed by atoms with Gasteiger partial charge in [0.05, 0.1) is 0 Å². The van der Waals surface area contributed by atoms with Gasteiger partial charge in [-0.15, -0.1) is 11.8 Å². The smallest absolute Gasteiger partial charge is 0.0101 e. The van der Waals surface area contributed by atoms with Crippen molar-refractivity contribution in [1.82, 2.24) is 0 Å². The van der Waals surface area contributed by atoms with E-state index in [2.05, 4.69) is 54.0 Å². The zero-order valence-electron chi connectivity index (χ0n) is 9.50. The maximum atomic E-state index is 3.49. The van der Waals surface area contributed by atoms with Crippen LogP contribution in [0.1, 0.15) is 25.3 Å². The molecule has 0 aliphatic heterocycles. The van der Waals surface area contributed by atoms with E-state index in [0.717, 1.165) is 11.2 Å². The van der Waals surface area contributed by atoms with E-state index in [1.165, 1.54) is 29.1 Å². The van der Waals surface area contributed by atoms with Crippen LogP contribution < -0.4 is 0 Å². The van der Waals surface area contributed by atoms with Crippen molar-refractivity contribution in [1.29, 1.82) is 0 Å². The van der Waals surface area contributed by atoms with Crippen LogP contribution >= 0.6 is 27.7 Å². The molecule has 0 saturated heterocycles. The molecule has 0 aromatic heterocycles. The summed E-state index contributed by atoms with van der Waals surface area (Å²) in [6, 6.07) is 8.63. The topological polar surface area (TPSA) is 0 Å². The van der Waals surface area contributed by atoms with Crippen LogP contribution in [-0.4, -0.2) is 11.1 Å². The number of hydrogen-bond donors (Lipinski definition) is 0. The molecule has 0 aliphatic carbocycles. The Hall–Kier alpha value is 0.0500. The van der Waals surface area contributed by atoms with Crippen molar-refractivity contribution in [3.05, 3.63) is 29.8 Å². The van der Waals surface area contributed by atoms with Crippen LogP contribution in [0.25, 0.3) is 0 Å². The first kappa shape index (κ1) is 13.1. The molecule has 0 aliphatic rings. The van der Waals surface area contributed by atoms with E-state index in [-0.39, 0.29) is 0 Å². The molecule has 0 N–H and O–H groups in total. The summed E-state index contributed by atoms with van der Waals surface area (Å²) in [5, 5.41) is 1.13. The molecule has 2 heteroatoms. The van der Waals surface area contributed by atoms with Gasteiger partial charge < -0.3 is 0 Å². The van der Waals surface area contributed by atoms with E-state index in [0.29, 0.717) is 0 Å².